The molecule has 5 heteroatoms. The summed E-state index contributed by atoms with van der Waals surface area (Å²) >= 11 is 0. The van der Waals surface area contributed by atoms with Crippen LogP contribution in [0.5, 0.6) is 0 Å². The van der Waals surface area contributed by atoms with Crippen LogP contribution < -0.4 is 16.0 Å². The molecule has 1 aromatic rings. The van der Waals surface area contributed by atoms with Gasteiger partial charge < -0.3 is 16.0 Å². The molecule has 116 valence electrons. The van der Waals surface area contributed by atoms with E-state index in [1.54, 1.807) is 0 Å². The summed E-state index contributed by atoms with van der Waals surface area (Å²) in [5.74, 6) is 4.00. The Morgan fingerprint density at radius 3 is 2.86 bits per heavy atom. The predicted molar refractivity (Wildman–Crippen MR) is 87.5 cm³/mol. The van der Waals surface area contributed by atoms with Crippen LogP contribution in [0.3, 0.4) is 0 Å². The number of rotatable bonds is 4. The number of nitrogens with one attached hydrogen (secondary N) is 1. The van der Waals surface area contributed by atoms with Gasteiger partial charge >= 0.3 is 0 Å². The first-order valence-electron chi connectivity index (χ1n) is 8.39. The second-order valence-corrected chi connectivity index (χ2v) is 6.44. The van der Waals surface area contributed by atoms with Gasteiger partial charge in [-0.25, -0.2) is 0 Å². The van der Waals surface area contributed by atoms with Gasteiger partial charge in [-0.15, -0.1) is 0 Å². The topological polar surface area (TPSA) is 67.1 Å². The number of nitrogen functional groups attached to an aromatic ring is 1. The van der Waals surface area contributed by atoms with E-state index < -0.39 is 0 Å². The molecule has 3 rings (SSSR count). The molecule has 0 spiro atoms. The van der Waals surface area contributed by atoms with Gasteiger partial charge in [-0.1, -0.05) is 26.2 Å². The van der Waals surface area contributed by atoms with Gasteiger partial charge in [-0.05, 0) is 31.1 Å². The molecule has 1 saturated heterocycles. The van der Waals surface area contributed by atoms with Gasteiger partial charge in [0.2, 0.25) is 5.95 Å². The largest absolute Gasteiger partial charge is 0.370 e. The Kier molecular flexibility index (Phi) is 4.46. The van der Waals surface area contributed by atoms with Crippen LogP contribution in [-0.2, 0) is 0 Å². The highest BCUT2D eigenvalue weighted by atomic mass is 15.2. The summed E-state index contributed by atoms with van der Waals surface area (Å²) in [6.45, 7) is 5.30. The van der Waals surface area contributed by atoms with E-state index >= 15 is 0 Å². The molecule has 1 saturated carbocycles. The molecule has 1 aliphatic heterocycles. The van der Waals surface area contributed by atoms with Gasteiger partial charge in [0.15, 0.2) is 0 Å². The van der Waals surface area contributed by atoms with E-state index in [-0.39, 0.29) is 0 Å². The standard InChI is InChI=1S/C16H27N5/c1-2-8-18-14-10-15(20-16(17)19-14)21-9-7-12-5-3-4-6-13(12)11-21/h10,12-13H,2-9,11H2,1H3,(H3,17,18,19,20). The smallest absolute Gasteiger partial charge is 0.223 e. The van der Waals surface area contributed by atoms with E-state index in [0.29, 0.717) is 5.95 Å². The van der Waals surface area contributed by atoms with Gasteiger partial charge in [0, 0.05) is 25.7 Å². The van der Waals surface area contributed by atoms with Crippen LogP contribution in [0.1, 0.15) is 45.4 Å². The summed E-state index contributed by atoms with van der Waals surface area (Å²) < 4.78 is 0. The molecule has 0 amide bonds. The minimum absolute atomic E-state index is 0.372. The molecule has 3 N–H and O–H groups in total. The van der Waals surface area contributed by atoms with Crippen molar-refractivity contribution >= 4 is 17.6 Å². The summed E-state index contributed by atoms with van der Waals surface area (Å²) in [6, 6.07) is 2.05. The minimum atomic E-state index is 0.372. The van der Waals surface area contributed by atoms with Crippen molar-refractivity contribution in [1.29, 1.82) is 0 Å². The van der Waals surface area contributed by atoms with Crippen molar-refractivity contribution in [3.05, 3.63) is 6.07 Å². The Morgan fingerprint density at radius 2 is 2.05 bits per heavy atom. The fraction of sp³-hybridized carbons (Fsp3) is 0.750. The SMILES string of the molecule is CCCNc1cc(N2CCC3CCCCC3C2)nc(N)n1. The van der Waals surface area contributed by atoms with Crippen molar-refractivity contribution in [2.24, 2.45) is 11.8 Å². The molecular weight excluding hydrogens is 262 g/mol. The van der Waals surface area contributed by atoms with Gasteiger partial charge in [-0.2, -0.15) is 9.97 Å². The number of hydrogen-bond acceptors (Lipinski definition) is 5. The van der Waals surface area contributed by atoms with Gasteiger partial charge in [0.25, 0.3) is 0 Å². The van der Waals surface area contributed by atoms with Crippen molar-refractivity contribution in [3.8, 4) is 0 Å². The van der Waals surface area contributed by atoms with Gasteiger partial charge in [-0.3, -0.25) is 0 Å². The third kappa shape index (κ3) is 3.39. The fourth-order valence-electron chi connectivity index (χ4n) is 3.77. The highest BCUT2D eigenvalue weighted by molar-refractivity contribution is 5.52. The van der Waals surface area contributed by atoms with Crippen LogP contribution in [0, 0.1) is 11.8 Å². The van der Waals surface area contributed by atoms with Crippen LogP contribution in [-0.4, -0.2) is 29.6 Å². The Balaban J connectivity index is 1.72. The quantitative estimate of drug-likeness (QED) is 0.892. The zero-order chi connectivity index (χ0) is 14.7. The van der Waals surface area contributed by atoms with Gasteiger partial charge in [0.1, 0.15) is 11.6 Å². The first kappa shape index (κ1) is 14.4. The van der Waals surface area contributed by atoms with E-state index in [0.717, 1.165) is 49.5 Å². The number of fused-ring (bicyclic) bond motifs is 1. The van der Waals surface area contributed by atoms with Crippen molar-refractivity contribution in [3.63, 3.8) is 0 Å². The van der Waals surface area contributed by atoms with E-state index in [1.165, 1.54) is 32.1 Å². The summed E-state index contributed by atoms with van der Waals surface area (Å²) in [5.41, 5.74) is 5.88. The van der Waals surface area contributed by atoms with Crippen LogP contribution in [0.2, 0.25) is 0 Å². The van der Waals surface area contributed by atoms with Crippen molar-refractivity contribution in [2.75, 3.05) is 35.6 Å². The molecule has 2 fully saturated rings. The molecule has 0 bridgehead atoms. The molecule has 2 aliphatic rings. The van der Waals surface area contributed by atoms with E-state index in [2.05, 4.69) is 33.2 Å². The molecular formula is C16H27N5. The lowest BCUT2D eigenvalue weighted by Gasteiger charge is -2.41. The van der Waals surface area contributed by atoms with Gasteiger partial charge in [0.05, 0.1) is 0 Å². The van der Waals surface area contributed by atoms with E-state index in [4.69, 9.17) is 5.73 Å². The lowest BCUT2D eigenvalue weighted by molar-refractivity contribution is 0.202. The molecule has 2 atom stereocenters. The maximum Gasteiger partial charge on any atom is 0.223 e. The maximum atomic E-state index is 5.88. The first-order valence-corrected chi connectivity index (χ1v) is 8.39. The third-order valence-electron chi connectivity index (χ3n) is 4.90. The molecule has 5 nitrogen and oxygen atoms in total. The summed E-state index contributed by atoms with van der Waals surface area (Å²) in [7, 11) is 0. The lowest BCUT2D eigenvalue weighted by atomic mass is 9.75. The first-order chi connectivity index (χ1) is 10.3. The minimum Gasteiger partial charge on any atom is -0.370 e. The lowest BCUT2D eigenvalue weighted by Crippen LogP contribution is -2.42. The van der Waals surface area contributed by atoms with E-state index in [9.17, 15) is 0 Å². The number of nitrogens with two attached hydrogens (primary N) is 1. The Hall–Kier alpha value is -1.52. The van der Waals surface area contributed by atoms with Crippen LogP contribution in [0.25, 0.3) is 0 Å². The second-order valence-electron chi connectivity index (χ2n) is 6.44. The average molecular weight is 289 g/mol. The third-order valence-corrected chi connectivity index (χ3v) is 4.90. The summed E-state index contributed by atoms with van der Waals surface area (Å²) in [6.07, 6.45) is 7.99. The number of piperidine rings is 1. The van der Waals surface area contributed by atoms with Crippen LogP contribution >= 0.6 is 0 Å². The highest BCUT2D eigenvalue weighted by Crippen LogP contribution is 2.37. The number of hydrogen-bond donors (Lipinski definition) is 2. The fourth-order valence-corrected chi connectivity index (χ4v) is 3.77. The molecule has 0 aromatic carbocycles. The molecule has 0 radical (unpaired) electrons. The zero-order valence-electron chi connectivity index (χ0n) is 13.0. The molecule has 2 heterocycles. The molecule has 21 heavy (non-hydrogen) atoms. The van der Waals surface area contributed by atoms with Crippen molar-refractivity contribution in [1.82, 2.24) is 9.97 Å². The highest BCUT2D eigenvalue weighted by Gasteiger charge is 2.31. The van der Waals surface area contributed by atoms with Crippen LogP contribution in [0.15, 0.2) is 6.07 Å². The maximum absolute atomic E-state index is 5.88. The molecule has 2 unspecified atom stereocenters. The Labute approximate surface area is 127 Å². The normalized spacial score (nSPS) is 25.5. The van der Waals surface area contributed by atoms with Crippen LogP contribution in [0.4, 0.5) is 17.6 Å². The number of anilines is 3. The zero-order valence-corrected chi connectivity index (χ0v) is 13.0. The summed E-state index contributed by atoms with van der Waals surface area (Å²) in [5, 5.41) is 3.31. The second kappa shape index (κ2) is 6.50. The monoisotopic (exact) mass is 289 g/mol. The number of aromatic nitrogens is 2. The summed E-state index contributed by atoms with van der Waals surface area (Å²) in [4.78, 5) is 11.1. The Bertz CT molecular complexity index is 476. The predicted octanol–water partition coefficient (Wildman–Crippen LogP) is 2.90. The van der Waals surface area contributed by atoms with E-state index in [1.807, 2.05) is 0 Å². The molecule has 1 aromatic heterocycles. The van der Waals surface area contributed by atoms with Crippen molar-refractivity contribution < 1.29 is 0 Å². The van der Waals surface area contributed by atoms with Crippen molar-refractivity contribution in [2.45, 2.75) is 45.4 Å². The average Bonchev–Trinajstić information content (AvgIpc) is 2.52. The number of nitrogens with zero attached hydrogens (tertiary/aromatic N) is 3. The Morgan fingerprint density at radius 1 is 1.24 bits per heavy atom. The molecule has 1 aliphatic carbocycles.